The summed E-state index contributed by atoms with van der Waals surface area (Å²) in [5, 5.41) is 6.49. The SMILES string of the molecule is CN(CCc1noc(-c2ccc(C(=O)N3CCCC3)cc2)n1)C(=O)Nc1ccccc1F. The van der Waals surface area contributed by atoms with Crippen LogP contribution >= 0.6 is 0 Å². The van der Waals surface area contributed by atoms with Crippen molar-refractivity contribution >= 4 is 17.6 Å². The number of rotatable bonds is 6. The zero-order chi connectivity index (χ0) is 22.5. The Hall–Kier alpha value is -3.75. The summed E-state index contributed by atoms with van der Waals surface area (Å²) in [5.74, 6) is 0.337. The van der Waals surface area contributed by atoms with Gasteiger partial charge in [-0.15, -0.1) is 0 Å². The molecule has 0 bridgehead atoms. The van der Waals surface area contributed by atoms with Crippen LogP contribution in [0.2, 0.25) is 0 Å². The number of hydrogen-bond acceptors (Lipinski definition) is 5. The van der Waals surface area contributed by atoms with Crippen molar-refractivity contribution in [1.29, 1.82) is 0 Å². The molecular weight excluding hydrogens is 413 g/mol. The Balaban J connectivity index is 1.32. The lowest BCUT2D eigenvalue weighted by molar-refractivity contribution is 0.0793. The third-order valence-electron chi connectivity index (χ3n) is 5.37. The molecule has 4 rings (SSSR count). The standard InChI is InChI=1S/C23H24FN5O3/c1-28(23(31)25-19-7-3-2-6-18(19)24)15-12-20-26-21(32-27-20)16-8-10-17(11-9-16)22(30)29-13-4-5-14-29/h2-3,6-11H,4-5,12-15H2,1H3,(H,25,31). The number of nitrogens with one attached hydrogen (secondary N) is 1. The van der Waals surface area contributed by atoms with E-state index in [1.165, 1.54) is 17.0 Å². The number of likely N-dealkylation sites (N-methyl/N-ethyl adjacent to an activating group) is 1. The molecule has 3 amide bonds. The van der Waals surface area contributed by atoms with Gasteiger partial charge in [-0.3, -0.25) is 4.79 Å². The fourth-order valence-corrected chi connectivity index (χ4v) is 3.47. The van der Waals surface area contributed by atoms with Gasteiger partial charge >= 0.3 is 6.03 Å². The van der Waals surface area contributed by atoms with E-state index in [0.717, 1.165) is 25.9 Å². The smallest absolute Gasteiger partial charge is 0.321 e. The molecule has 2 aromatic carbocycles. The number of para-hydroxylation sites is 1. The molecule has 1 aromatic heterocycles. The topological polar surface area (TPSA) is 91.6 Å². The summed E-state index contributed by atoms with van der Waals surface area (Å²) >= 11 is 0. The largest absolute Gasteiger partial charge is 0.339 e. The highest BCUT2D eigenvalue weighted by molar-refractivity contribution is 5.94. The van der Waals surface area contributed by atoms with Gasteiger partial charge in [0.1, 0.15) is 5.82 Å². The Morgan fingerprint density at radius 1 is 1.12 bits per heavy atom. The fraction of sp³-hybridized carbons (Fsp3) is 0.304. The zero-order valence-electron chi connectivity index (χ0n) is 17.8. The lowest BCUT2D eigenvalue weighted by Crippen LogP contribution is -2.33. The summed E-state index contributed by atoms with van der Waals surface area (Å²) < 4.78 is 19.0. The van der Waals surface area contributed by atoms with Crippen molar-refractivity contribution in [3.63, 3.8) is 0 Å². The molecule has 1 aliphatic heterocycles. The zero-order valence-corrected chi connectivity index (χ0v) is 17.8. The second-order valence-corrected chi connectivity index (χ2v) is 7.67. The maximum atomic E-state index is 13.7. The molecule has 0 atom stereocenters. The molecule has 3 aromatic rings. The van der Waals surface area contributed by atoms with E-state index in [0.29, 0.717) is 35.8 Å². The molecule has 9 heteroatoms. The van der Waals surface area contributed by atoms with Crippen LogP contribution in [0.4, 0.5) is 14.9 Å². The minimum Gasteiger partial charge on any atom is -0.339 e. The minimum absolute atomic E-state index is 0.0389. The second kappa shape index (κ2) is 9.59. The number of nitrogens with zero attached hydrogens (tertiary/aromatic N) is 4. The van der Waals surface area contributed by atoms with Gasteiger partial charge in [0, 0.05) is 44.2 Å². The normalized spacial score (nSPS) is 13.2. The molecule has 0 saturated carbocycles. The van der Waals surface area contributed by atoms with Gasteiger partial charge in [0.05, 0.1) is 5.69 Å². The first kappa shape index (κ1) is 21.5. The average molecular weight is 437 g/mol. The van der Waals surface area contributed by atoms with Gasteiger partial charge in [-0.1, -0.05) is 17.3 Å². The van der Waals surface area contributed by atoms with E-state index in [4.69, 9.17) is 4.52 Å². The van der Waals surface area contributed by atoms with Crippen LogP contribution < -0.4 is 5.32 Å². The molecule has 1 saturated heterocycles. The van der Waals surface area contributed by atoms with Crippen molar-refractivity contribution in [3.8, 4) is 11.5 Å². The van der Waals surface area contributed by atoms with Crippen molar-refractivity contribution in [1.82, 2.24) is 19.9 Å². The Morgan fingerprint density at radius 3 is 2.56 bits per heavy atom. The van der Waals surface area contributed by atoms with Crippen LogP contribution in [0.1, 0.15) is 29.0 Å². The second-order valence-electron chi connectivity index (χ2n) is 7.67. The summed E-state index contributed by atoms with van der Waals surface area (Å²) in [6.07, 6.45) is 2.47. The van der Waals surface area contributed by atoms with Crippen LogP contribution in [0, 0.1) is 5.82 Å². The van der Waals surface area contributed by atoms with E-state index in [2.05, 4.69) is 15.5 Å². The van der Waals surface area contributed by atoms with Gasteiger partial charge in [-0.2, -0.15) is 4.98 Å². The number of benzene rings is 2. The van der Waals surface area contributed by atoms with Crippen molar-refractivity contribution in [3.05, 3.63) is 65.7 Å². The van der Waals surface area contributed by atoms with Crippen molar-refractivity contribution in [2.24, 2.45) is 0 Å². The molecule has 0 radical (unpaired) electrons. The number of aromatic nitrogens is 2. The van der Waals surface area contributed by atoms with Crippen molar-refractivity contribution in [2.75, 3.05) is 32.0 Å². The Labute approximate surface area is 185 Å². The molecule has 1 fully saturated rings. The summed E-state index contributed by atoms with van der Waals surface area (Å²) in [6.45, 7) is 1.93. The number of carbonyl (C=O) groups is 2. The number of amides is 3. The number of halogens is 1. The first-order chi connectivity index (χ1) is 15.5. The fourth-order valence-electron chi connectivity index (χ4n) is 3.47. The van der Waals surface area contributed by atoms with Crippen molar-refractivity contribution in [2.45, 2.75) is 19.3 Å². The maximum absolute atomic E-state index is 13.7. The molecule has 0 aliphatic carbocycles. The quantitative estimate of drug-likeness (QED) is 0.633. The van der Waals surface area contributed by atoms with Gasteiger partial charge in [0.15, 0.2) is 5.82 Å². The minimum atomic E-state index is -0.495. The molecule has 0 unspecified atom stereocenters. The van der Waals surface area contributed by atoms with Crippen LogP contribution in [0.5, 0.6) is 0 Å². The first-order valence-electron chi connectivity index (χ1n) is 10.5. The molecule has 8 nitrogen and oxygen atoms in total. The van der Waals surface area contributed by atoms with Crippen LogP contribution in [0.25, 0.3) is 11.5 Å². The van der Waals surface area contributed by atoms with Crippen LogP contribution in [-0.4, -0.2) is 58.6 Å². The molecular formula is C23H24FN5O3. The third-order valence-corrected chi connectivity index (χ3v) is 5.37. The summed E-state index contributed by atoms with van der Waals surface area (Å²) in [7, 11) is 1.60. The van der Waals surface area contributed by atoms with E-state index in [-0.39, 0.29) is 11.6 Å². The van der Waals surface area contributed by atoms with Gasteiger partial charge in [0.2, 0.25) is 0 Å². The summed E-state index contributed by atoms with van der Waals surface area (Å²) in [6, 6.07) is 12.7. The first-order valence-corrected chi connectivity index (χ1v) is 10.5. The third kappa shape index (κ3) is 4.93. The van der Waals surface area contributed by atoms with Gasteiger partial charge in [0.25, 0.3) is 11.8 Å². The maximum Gasteiger partial charge on any atom is 0.321 e. The lowest BCUT2D eigenvalue weighted by Gasteiger charge is -2.17. The van der Waals surface area contributed by atoms with Crippen molar-refractivity contribution < 1.29 is 18.5 Å². The average Bonchev–Trinajstić information content (AvgIpc) is 3.51. The predicted octanol–water partition coefficient (Wildman–Crippen LogP) is 3.82. The van der Waals surface area contributed by atoms with Crippen LogP contribution in [0.15, 0.2) is 53.1 Å². The lowest BCUT2D eigenvalue weighted by atomic mass is 10.1. The number of carbonyl (C=O) groups excluding carboxylic acids is 2. The van der Waals surface area contributed by atoms with Gasteiger partial charge < -0.3 is 19.6 Å². The highest BCUT2D eigenvalue weighted by Gasteiger charge is 2.20. The molecule has 2 heterocycles. The van der Waals surface area contributed by atoms with Crippen LogP contribution in [0.3, 0.4) is 0 Å². The van der Waals surface area contributed by atoms with E-state index in [9.17, 15) is 14.0 Å². The molecule has 1 aliphatic rings. The number of hydrogen-bond donors (Lipinski definition) is 1. The van der Waals surface area contributed by atoms with E-state index in [1.54, 1.807) is 43.4 Å². The monoisotopic (exact) mass is 437 g/mol. The predicted molar refractivity (Wildman–Crippen MR) is 117 cm³/mol. The number of anilines is 1. The van der Waals surface area contributed by atoms with Gasteiger partial charge in [-0.05, 0) is 49.2 Å². The molecule has 32 heavy (non-hydrogen) atoms. The molecule has 166 valence electrons. The van der Waals surface area contributed by atoms with E-state index in [1.807, 2.05) is 4.90 Å². The molecule has 1 N–H and O–H groups in total. The van der Waals surface area contributed by atoms with E-state index < -0.39 is 11.8 Å². The number of urea groups is 1. The van der Waals surface area contributed by atoms with Crippen LogP contribution in [-0.2, 0) is 6.42 Å². The molecule has 0 spiro atoms. The highest BCUT2D eigenvalue weighted by atomic mass is 19.1. The Morgan fingerprint density at radius 2 is 1.84 bits per heavy atom. The Bertz CT molecular complexity index is 1090. The van der Waals surface area contributed by atoms with E-state index >= 15 is 0 Å². The summed E-state index contributed by atoms with van der Waals surface area (Å²) in [4.78, 5) is 32.3. The number of likely N-dealkylation sites (tertiary alicyclic amines) is 1. The highest BCUT2D eigenvalue weighted by Crippen LogP contribution is 2.20. The van der Waals surface area contributed by atoms with Gasteiger partial charge in [-0.25, -0.2) is 9.18 Å². The Kier molecular flexibility index (Phi) is 6.44. The summed E-state index contributed by atoms with van der Waals surface area (Å²) in [5.41, 5.74) is 1.48.